The van der Waals surface area contributed by atoms with Crippen LogP contribution in [0.1, 0.15) is 12.5 Å². The molecule has 2 rings (SSSR count). The number of aromatic nitrogens is 3. The normalized spacial score (nSPS) is 10.2. The number of methoxy groups -OCH3 is 1. The van der Waals surface area contributed by atoms with Crippen molar-refractivity contribution < 1.29 is 9.47 Å². The fourth-order valence-electron chi connectivity index (χ4n) is 1.53. The third-order valence-electron chi connectivity index (χ3n) is 2.47. The molecule has 0 aliphatic heterocycles. The molecule has 0 spiro atoms. The molecule has 0 unspecified atom stereocenters. The van der Waals surface area contributed by atoms with Crippen LogP contribution in [-0.2, 0) is 6.54 Å². The number of rotatable bonds is 6. The number of benzene rings is 1. The molecular formula is C13H15ClN4O2. The quantitative estimate of drug-likeness (QED) is 0.883. The molecule has 0 saturated heterocycles. The number of anilines is 1. The number of nitrogens with one attached hydrogen (secondary N) is 1. The van der Waals surface area contributed by atoms with Gasteiger partial charge < -0.3 is 14.8 Å². The summed E-state index contributed by atoms with van der Waals surface area (Å²) in [6.07, 6.45) is 0. The fourth-order valence-corrected chi connectivity index (χ4v) is 1.68. The Bertz CT molecular complexity index is 563. The van der Waals surface area contributed by atoms with Crippen LogP contribution >= 0.6 is 11.6 Å². The van der Waals surface area contributed by atoms with Gasteiger partial charge in [0.1, 0.15) is 5.75 Å². The summed E-state index contributed by atoms with van der Waals surface area (Å²) in [7, 11) is 1.63. The number of ether oxygens (including phenoxy) is 2. The third kappa shape index (κ3) is 3.96. The molecule has 7 heteroatoms. The molecule has 1 heterocycles. The second-order valence-corrected chi connectivity index (χ2v) is 4.18. The Morgan fingerprint density at radius 2 is 1.90 bits per heavy atom. The van der Waals surface area contributed by atoms with Gasteiger partial charge in [-0.25, -0.2) is 0 Å². The van der Waals surface area contributed by atoms with Crippen LogP contribution in [0, 0.1) is 0 Å². The van der Waals surface area contributed by atoms with Crippen molar-refractivity contribution in [3.8, 4) is 11.8 Å². The lowest BCUT2D eigenvalue weighted by atomic mass is 10.2. The molecule has 106 valence electrons. The zero-order valence-corrected chi connectivity index (χ0v) is 12.0. The molecule has 6 nitrogen and oxygen atoms in total. The van der Waals surface area contributed by atoms with E-state index in [2.05, 4.69) is 20.3 Å². The van der Waals surface area contributed by atoms with Gasteiger partial charge in [-0.15, -0.1) is 0 Å². The Kier molecular flexibility index (Phi) is 4.95. The summed E-state index contributed by atoms with van der Waals surface area (Å²) >= 11 is 5.81. The van der Waals surface area contributed by atoms with Crippen LogP contribution in [0.15, 0.2) is 24.3 Å². The summed E-state index contributed by atoms with van der Waals surface area (Å²) in [4.78, 5) is 12.0. The first-order valence-electron chi connectivity index (χ1n) is 6.12. The molecular weight excluding hydrogens is 280 g/mol. The van der Waals surface area contributed by atoms with Gasteiger partial charge in [0.25, 0.3) is 0 Å². The van der Waals surface area contributed by atoms with Crippen molar-refractivity contribution in [2.24, 2.45) is 0 Å². The van der Waals surface area contributed by atoms with E-state index in [9.17, 15) is 0 Å². The minimum absolute atomic E-state index is 0.0979. The summed E-state index contributed by atoms with van der Waals surface area (Å²) in [5.74, 6) is 1.19. The van der Waals surface area contributed by atoms with Crippen molar-refractivity contribution in [2.75, 3.05) is 19.0 Å². The van der Waals surface area contributed by atoms with E-state index < -0.39 is 0 Å². The average molecular weight is 295 g/mol. The van der Waals surface area contributed by atoms with Crippen molar-refractivity contribution >= 4 is 17.5 Å². The highest BCUT2D eigenvalue weighted by molar-refractivity contribution is 6.28. The van der Waals surface area contributed by atoms with Crippen LogP contribution < -0.4 is 14.8 Å². The molecule has 20 heavy (non-hydrogen) atoms. The van der Waals surface area contributed by atoms with Gasteiger partial charge in [0, 0.05) is 6.54 Å². The van der Waals surface area contributed by atoms with Crippen LogP contribution in [-0.4, -0.2) is 28.7 Å². The van der Waals surface area contributed by atoms with Crippen molar-refractivity contribution in [2.45, 2.75) is 13.5 Å². The van der Waals surface area contributed by atoms with Crippen LogP contribution in [0.2, 0.25) is 5.28 Å². The van der Waals surface area contributed by atoms with E-state index in [1.54, 1.807) is 7.11 Å². The van der Waals surface area contributed by atoms with Gasteiger partial charge in [0.2, 0.25) is 11.2 Å². The van der Waals surface area contributed by atoms with E-state index in [0.717, 1.165) is 11.3 Å². The van der Waals surface area contributed by atoms with E-state index in [1.807, 2.05) is 31.2 Å². The second kappa shape index (κ2) is 6.91. The monoisotopic (exact) mass is 294 g/mol. The minimum Gasteiger partial charge on any atom is -0.497 e. The maximum Gasteiger partial charge on any atom is 0.322 e. The zero-order valence-electron chi connectivity index (χ0n) is 11.3. The molecule has 1 aromatic carbocycles. The molecule has 0 radical (unpaired) electrons. The first-order valence-corrected chi connectivity index (χ1v) is 6.50. The van der Waals surface area contributed by atoms with E-state index >= 15 is 0 Å². The maximum atomic E-state index is 5.81. The van der Waals surface area contributed by atoms with E-state index in [4.69, 9.17) is 21.1 Å². The first-order chi connectivity index (χ1) is 9.71. The summed E-state index contributed by atoms with van der Waals surface area (Å²) in [5, 5.41) is 3.17. The van der Waals surface area contributed by atoms with Crippen molar-refractivity contribution in [1.29, 1.82) is 0 Å². The molecule has 1 aromatic heterocycles. The molecule has 1 N–H and O–H groups in total. The molecule has 0 aliphatic rings. The van der Waals surface area contributed by atoms with Gasteiger partial charge in [-0.05, 0) is 36.2 Å². The highest BCUT2D eigenvalue weighted by atomic mass is 35.5. The SMILES string of the molecule is CCOc1nc(Cl)nc(NCc2ccc(OC)cc2)n1. The average Bonchev–Trinajstić information content (AvgIpc) is 2.45. The molecule has 0 bridgehead atoms. The van der Waals surface area contributed by atoms with Gasteiger partial charge >= 0.3 is 6.01 Å². The predicted octanol–water partition coefficient (Wildman–Crippen LogP) is 2.54. The Morgan fingerprint density at radius 1 is 1.15 bits per heavy atom. The van der Waals surface area contributed by atoms with Crippen LogP contribution in [0.25, 0.3) is 0 Å². The Balaban J connectivity index is 2.02. The summed E-state index contributed by atoms with van der Waals surface area (Å²) in [6, 6.07) is 7.91. The van der Waals surface area contributed by atoms with Gasteiger partial charge in [0.05, 0.1) is 13.7 Å². The smallest absolute Gasteiger partial charge is 0.322 e. The standard InChI is InChI=1S/C13H15ClN4O2/c1-3-20-13-17-11(14)16-12(18-13)15-8-9-4-6-10(19-2)7-5-9/h4-7H,3,8H2,1-2H3,(H,15,16,17,18). The lowest BCUT2D eigenvalue weighted by Gasteiger charge is -2.07. The first kappa shape index (κ1) is 14.3. The molecule has 0 fully saturated rings. The zero-order chi connectivity index (χ0) is 14.4. The fraction of sp³-hybridized carbons (Fsp3) is 0.308. The highest BCUT2D eigenvalue weighted by Gasteiger charge is 2.05. The third-order valence-corrected chi connectivity index (χ3v) is 2.64. The van der Waals surface area contributed by atoms with Crippen molar-refractivity contribution in [1.82, 2.24) is 15.0 Å². The van der Waals surface area contributed by atoms with E-state index in [0.29, 0.717) is 19.1 Å². The number of halogens is 1. The predicted molar refractivity (Wildman–Crippen MR) is 76.3 cm³/mol. The van der Waals surface area contributed by atoms with Crippen LogP contribution in [0.5, 0.6) is 11.8 Å². The van der Waals surface area contributed by atoms with Crippen LogP contribution in [0.3, 0.4) is 0 Å². The van der Waals surface area contributed by atoms with Gasteiger partial charge in [-0.3, -0.25) is 0 Å². The molecule has 2 aromatic rings. The number of hydrogen-bond donors (Lipinski definition) is 1. The van der Waals surface area contributed by atoms with Crippen LogP contribution in [0.4, 0.5) is 5.95 Å². The Morgan fingerprint density at radius 3 is 2.55 bits per heavy atom. The minimum atomic E-state index is 0.0979. The molecule has 0 aliphatic carbocycles. The van der Waals surface area contributed by atoms with Gasteiger partial charge in [-0.2, -0.15) is 15.0 Å². The Hall–Kier alpha value is -2.08. The maximum absolute atomic E-state index is 5.81. The van der Waals surface area contributed by atoms with Gasteiger partial charge in [-0.1, -0.05) is 12.1 Å². The number of nitrogens with zero attached hydrogens (tertiary/aromatic N) is 3. The number of hydrogen-bond acceptors (Lipinski definition) is 6. The summed E-state index contributed by atoms with van der Waals surface area (Å²) < 4.78 is 10.3. The molecule has 0 atom stereocenters. The lowest BCUT2D eigenvalue weighted by molar-refractivity contribution is 0.312. The Labute approximate surface area is 122 Å². The highest BCUT2D eigenvalue weighted by Crippen LogP contribution is 2.14. The van der Waals surface area contributed by atoms with E-state index in [1.165, 1.54) is 0 Å². The largest absolute Gasteiger partial charge is 0.497 e. The van der Waals surface area contributed by atoms with Gasteiger partial charge in [0.15, 0.2) is 0 Å². The molecule has 0 amide bonds. The van der Waals surface area contributed by atoms with Crippen molar-refractivity contribution in [3.05, 3.63) is 35.1 Å². The topological polar surface area (TPSA) is 69.2 Å². The summed E-state index contributed by atoms with van der Waals surface area (Å²) in [5.41, 5.74) is 1.07. The van der Waals surface area contributed by atoms with E-state index in [-0.39, 0.29) is 11.3 Å². The second-order valence-electron chi connectivity index (χ2n) is 3.85. The van der Waals surface area contributed by atoms with Crippen molar-refractivity contribution in [3.63, 3.8) is 0 Å². The molecule has 0 saturated carbocycles. The summed E-state index contributed by atoms with van der Waals surface area (Å²) in [6.45, 7) is 2.89. The lowest BCUT2D eigenvalue weighted by Crippen LogP contribution is -2.07.